The molecule has 2 rings (SSSR count). The standard InChI is InChI=1S/C14H21N5O/c1-4-15-12(10-14-16-18-19(2)17-14)8-11-6-5-7-13(9-11)20-3/h5-7,9,12,15H,4,8,10H2,1-3H3. The van der Waals surface area contributed by atoms with Crippen molar-refractivity contribution >= 4 is 0 Å². The largest absolute Gasteiger partial charge is 0.497 e. The van der Waals surface area contributed by atoms with Crippen molar-refractivity contribution in [1.82, 2.24) is 25.5 Å². The number of methoxy groups -OCH3 is 1. The Kier molecular flexibility index (Phi) is 5.06. The fourth-order valence-corrected chi connectivity index (χ4v) is 2.21. The Morgan fingerprint density at radius 2 is 2.20 bits per heavy atom. The first-order chi connectivity index (χ1) is 9.71. The van der Waals surface area contributed by atoms with Crippen LogP contribution in [0.5, 0.6) is 5.75 Å². The van der Waals surface area contributed by atoms with Crippen molar-refractivity contribution in [3.05, 3.63) is 35.7 Å². The lowest BCUT2D eigenvalue weighted by Crippen LogP contribution is -2.33. The number of likely N-dealkylation sites (N-methyl/N-ethyl adjacent to an activating group) is 1. The topological polar surface area (TPSA) is 64.9 Å². The van der Waals surface area contributed by atoms with E-state index in [-0.39, 0.29) is 6.04 Å². The van der Waals surface area contributed by atoms with E-state index in [2.05, 4.69) is 39.8 Å². The first-order valence-electron chi connectivity index (χ1n) is 6.80. The number of nitrogens with zero attached hydrogens (tertiary/aromatic N) is 4. The SMILES string of the molecule is CCNC(Cc1cccc(OC)c1)Cc1nnn(C)n1. The van der Waals surface area contributed by atoms with Gasteiger partial charge in [0.15, 0.2) is 5.82 Å². The van der Waals surface area contributed by atoms with E-state index in [1.165, 1.54) is 10.4 Å². The molecule has 0 aliphatic rings. The van der Waals surface area contributed by atoms with Crippen molar-refractivity contribution in [3.8, 4) is 5.75 Å². The molecule has 6 nitrogen and oxygen atoms in total. The molecule has 0 saturated heterocycles. The molecule has 1 aromatic heterocycles. The second-order valence-electron chi connectivity index (χ2n) is 4.71. The van der Waals surface area contributed by atoms with Crippen LogP contribution in [0.25, 0.3) is 0 Å². The number of benzene rings is 1. The van der Waals surface area contributed by atoms with Crippen LogP contribution in [0.3, 0.4) is 0 Å². The summed E-state index contributed by atoms with van der Waals surface area (Å²) in [5, 5.41) is 15.6. The average Bonchev–Trinajstić information content (AvgIpc) is 2.84. The van der Waals surface area contributed by atoms with Gasteiger partial charge in [-0.2, -0.15) is 4.80 Å². The summed E-state index contributed by atoms with van der Waals surface area (Å²) in [6.45, 7) is 3.01. The van der Waals surface area contributed by atoms with Gasteiger partial charge in [0.2, 0.25) is 0 Å². The van der Waals surface area contributed by atoms with Gasteiger partial charge in [0.1, 0.15) is 5.75 Å². The summed E-state index contributed by atoms with van der Waals surface area (Å²) in [7, 11) is 3.46. The molecule has 0 aliphatic heterocycles. The van der Waals surface area contributed by atoms with Crippen LogP contribution in [0.4, 0.5) is 0 Å². The minimum absolute atomic E-state index is 0.288. The lowest BCUT2D eigenvalue weighted by Gasteiger charge is -2.16. The molecule has 0 aliphatic carbocycles. The van der Waals surface area contributed by atoms with E-state index in [1.54, 1.807) is 14.2 Å². The van der Waals surface area contributed by atoms with Gasteiger partial charge < -0.3 is 10.1 Å². The predicted molar refractivity (Wildman–Crippen MR) is 76.7 cm³/mol. The number of aromatic nitrogens is 4. The van der Waals surface area contributed by atoms with E-state index in [1.807, 2.05) is 12.1 Å². The summed E-state index contributed by atoms with van der Waals surface area (Å²) in [5.41, 5.74) is 1.24. The summed E-state index contributed by atoms with van der Waals surface area (Å²) < 4.78 is 5.26. The zero-order valence-corrected chi connectivity index (χ0v) is 12.2. The van der Waals surface area contributed by atoms with Crippen LogP contribution in [0.15, 0.2) is 24.3 Å². The van der Waals surface area contributed by atoms with Gasteiger partial charge >= 0.3 is 0 Å². The highest BCUT2D eigenvalue weighted by Gasteiger charge is 2.13. The van der Waals surface area contributed by atoms with Gasteiger partial charge in [-0.15, -0.1) is 10.2 Å². The van der Waals surface area contributed by atoms with Crippen LogP contribution in [-0.2, 0) is 19.9 Å². The van der Waals surface area contributed by atoms with Crippen molar-refractivity contribution < 1.29 is 4.74 Å². The monoisotopic (exact) mass is 275 g/mol. The molecule has 1 unspecified atom stereocenters. The van der Waals surface area contributed by atoms with Gasteiger partial charge in [-0.3, -0.25) is 0 Å². The Balaban J connectivity index is 2.04. The fraction of sp³-hybridized carbons (Fsp3) is 0.500. The Morgan fingerprint density at radius 1 is 1.35 bits per heavy atom. The highest BCUT2D eigenvalue weighted by molar-refractivity contribution is 5.29. The summed E-state index contributed by atoms with van der Waals surface area (Å²) in [6.07, 6.45) is 1.67. The second kappa shape index (κ2) is 7.00. The summed E-state index contributed by atoms with van der Waals surface area (Å²) in [4.78, 5) is 1.49. The van der Waals surface area contributed by atoms with Crippen LogP contribution >= 0.6 is 0 Å². The maximum Gasteiger partial charge on any atom is 0.176 e. The van der Waals surface area contributed by atoms with Gasteiger partial charge in [0.25, 0.3) is 0 Å². The van der Waals surface area contributed by atoms with E-state index in [4.69, 9.17) is 4.74 Å². The number of tetrazole rings is 1. The molecule has 0 saturated carbocycles. The van der Waals surface area contributed by atoms with Gasteiger partial charge in [0, 0.05) is 12.5 Å². The van der Waals surface area contributed by atoms with Crippen molar-refractivity contribution in [2.75, 3.05) is 13.7 Å². The Hall–Kier alpha value is -1.95. The number of hydrogen-bond donors (Lipinski definition) is 1. The molecule has 1 N–H and O–H groups in total. The maximum atomic E-state index is 5.26. The quantitative estimate of drug-likeness (QED) is 0.816. The van der Waals surface area contributed by atoms with E-state index >= 15 is 0 Å². The van der Waals surface area contributed by atoms with Gasteiger partial charge in [-0.05, 0) is 35.9 Å². The van der Waals surface area contributed by atoms with E-state index in [9.17, 15) is 0 Å². The van der Waals surface area contributed by atoms with Crippen LogP contribution in [-0.4, -0.2) is 39.9 Å². The average molecular weight is 275 g/mol. The van der Waals surface area contributed by atoms with Gasteiger partial charge in [-0.25, -0.2) is 0 Å². The van der Waals surface area contributed by atoms with E-state index in [0.717, 1.165) is 31.0 Å². The molecule has 0 fully saturated rings. The van der Waals surface area contributed by atoms with Gasteiger partial charge in [-0.1, -0.05) is 19.1 Å². The van der Waals surface area contributed by atoms with E-state index < -0.39 is 0 Å². The fourth-order valence-electron chi connectivity index (χ4n) is 2.21. The molecule has 1 heterocycles. The third-order valence-electron chi connectivity index (χ3n) is 3.09. The molecule has 0 radical (unpaired) electrons. The molecule has 1 atom stereocenters. The van der Waals surface area contributed by atoms with Crippen molar-refractivity contribution in [3.63, 3.8) is 0 Å². The highest BCUT2D eigenvalue weighted by Crippen LogP contribution is 2.14. The number of nitrogens with one attached hydrogen (secondary N) is 1. The Labute approximate surface area is 119 Å². The predicted octanol–water partition coefficient (Wildman–Crippen LogP) is 0.982. The lowest BCUT2D eigenvalue weighted by molar-refractivity contribution is 0.413. The van der Waals surface area contributed by atoms with Crippen molar-refractivity contribution in [1.29, 1.82) is 0 Å². The van der Waals surface area contributed by atoms with Crippen LogP contribution < -0.4 is 10.1 Å². The van der Waals surface area contributed by atoms with Crippen LogP contribution in [0.2, 0.25) is 0 Å². The lowest BCUT2D eigenvalue weighted by atomic mass is 10.0. The van der Waals surface area contributed by atoms with Crippen molar-refractivity contribution in [2.45, 2.75) is 25.8 Å². The molecule has 6 heteroatoms. The zero-order valence-electron chi connectivity index (χ0n) is 12.2. The molecule has 0 spiro atoms. The Bertz CT molecular complexity index is 540. The summed E-state index contributed by atoms with van der Waals surface area (Å²) in [5.74, 6) is 1.65. The summed E-state index contributed by atoms with van der Waals surface area (Å²) >= 11 is 0. The molecule has 2 aromatic rings. The zero-order chi connectivity index (χ0) is 14.4. The molecular weight excluding hydrogens is 254 g/mol. The normalized spacial score (nSPS) is 12.3. The minimum atomic E-state index is 0.288. The highest BCUT2D eigenvalue weighted by atomic mass is 16.5. The van der Waals surface area contributed by atoms with Crippen molar-refractivity contribution in [2.24, 2.45) is 7.05 Å². The first kappa shape index (κ1) is 14.5. The molecule has 0 bridgehead atoms. The molecule has 108 valence electrons. The molecule has 20 heavy (non-hydrogen) atoms. The third-order valence-corrected chi connectivity index (χ3v) is 3.09. The second-order valence-corrected chi connectivity index (χ2v) is 4.71. The number of rotatable bonds is 7. The Morgan fingerprint density at radius 3 is 2.85 bits per heavy atom. The smallest absolute Gasteiger partial charge is 0.176 e. The number of ether oxygens (including phenoxy) is 1. The maximum absolute atomic E-state index is 5.26. The third kappa shape index (κ3) is 4.03. The summed E-state index contributed by atoms with van der Waals surface area (Å²) in [6, 6.07) is 8.43. The number of hydrogen-bond acceptors (Lipinski definition) is 5. The van der Waals surface area contributed by atoms with Gasteiger partial charge in [0.05, 0.1) is 14.2 Å². The minimum Gasteiger partial charge on any atom is -0.497 e. The number of aryl methyl sites for hydroxylation is 1. The van der Waals surface area contributed by atoms with E-state index in [0.29, 0.717) is 0 Å². The first-order valence-corrected chi connectivity index (χ1v) is 6.80. The molecular formula is C14H21N5O. The molecule has 1 aromatic carbocycles. The molecule has 0 amide bonds. The van der Waals surface area contributed by atoms with Crippen LogP contribution in [0, 0.1) is 0 Å². The van der Waals surface area contributed by atoms with Crippen LogP contribution in [0.1, 0.15) is 18.3 Å².